The predicted molar refractivity (Wildman–Crippen MR) is 74.7 cm³/mol. The van der Waals surface area contributed by atoms with Crippen molar-refractivity contribution in [1.82, 2.24) is 14.0 Å². The minimum absolute atomic E-state index is 0. The van der Waals surface area contributed by atoms with Crippen LogP contribution in [-0.4, -0.2) is 47.0 Å². The third-order valence-corrected chi connectivity index (χ3v) is 3.69. The zero-order chi connectivity index (χ0) is 16.1. The third kappa shape index (κ3) is 2.98. The first-order valence-corrected chi connectivity index (χ1v) is 6.84. The number of benzene rings is 1. The van der Waals surface area contributed by atoms with Crippen LogP contribution in [0.15, 0.2) is 12.1 Å². The molecule has 0 N–H and O–H groups in total. The highest BCUT2D eigenvalue weighted by molar-refractivity contribution is 7.78. The Hall–Kier alpha value is -2.23. The van der Waals surface area contributed by atoms with E-state index in [1.807, 2.05) is 0 Å². The number of halogens is 2. The van der Waals surface area contributed by atoms with Gasteiger partial charge in [0, 0.05) is 34.6 Å². The Kier molecular flexibility index (Phi) is 4.29. The van der Waals surface area contributed by atoms with Gasteiger partial charge in [-0.1, -0.05) is 0 Å². The Labute approximate surface area is 133 Å². The van der Waals surface area contributed by atoms with Crippen LogP contribution in [0.1, 0.15) is 5.82 Å². The van der Waals surface area contributed by atoms with E-state index in [9.17, 15) is 13.0 Å². The Bertz CT molecular complexity index is 836. The van der Waals surface area contributed by atoms with E-state index in [0.29, 0.717) is 0 Å². The molecule has 0 bridgehead atoms. The molecule has 1 unspecified atom stereocenters. The second-order valence-corrected chi connectivity index (χ2v) is 5.35. The van der Waals surface area contributed by atoms with E-state index < -0.39 is 17.6 Å². The number of hydrogen-bond acceptors (Lipinski definition) is 7. The molecule has 1 aromatic carbocycles. The fraction of sp³-hybridized carbons (Fsp3) is 0.273. The van der Waals surface area contributed by atoms with Crippen molar-refractivity contribution >= 4 is 30.7 Å². The quantitative estimate of drug-likeness (QED) is 0.602. The largest absolute Gasteiger partial charge is 0.586 e. The number of fused-ring (bicyclic) bond motifs is 2. The normalized spacial score (nSPS) is 16.2. The number of nitrogens with zero attached hydrogens (tertiary/aromatic N) is 4. The van der Waals surface area contributed by atoms with Gasteiger partial charge < -0.3 is 9.47 Å². The summed E-state index contributed by atoms with van der Waals surface area (Å²) in [5, 5.41) is 10.2. The van der Waals surface area contributed by atoms with Crippen molar-refractivity contribution in [2.45, 2.75) is 6.29 Å². The van der Waals surface area contributed by atoms with Crippen LogP contribution in [0.25, 0.3) is 11.0 Å². The summed E-state index contributed by atoms with van der Waals surface area (Å²) in [4.78, 5) is 3.91. The molecule has 2 aromatic rings. The molecule has 12 heteroatoms. The first-order valence-electron chi connectivity index (χ1n) is 5.81. The van der Waals surface area contributed by atoms with Crippen LogP contribution in [0.5, 0.6) is 11.5 Å². The van der Waals surface area contributed by atoms with Gasteiger partial charge in [-0.2, -0.15) is 14.6 Å². The predicted octanol–water partition coefficient (Wildman–Crippen LogP) is 0.769. The van der Waals surface area contributed by atoms with E-state index in [4.69, 9.17) is 9.55 Å². The summed E-state index contributed by atoms with van der Waals surface area (Å²) in [6.45, 7) is 0. The molecule has 0 spiro atoms. The van der Waals surface area contributed by atoms with Crippen molar-refractivity contribution < 1.29 is 26.7 Å². The molecule has 3 rings (SSSR count). The van der Waals surface area contributed by atoms with Gasteiger partial charge in [0.2, 0.25) is 5.82 Å². The minimum atomic E-state index is -3.77. The van der Waals surface area contributed by atoms with Crippen LogP contribution in [0.3, 0.4) is 0 Å². The molecular formula is C11H8BF2N4O4S. The average molecular weight is 341 g/mol. The highest BCUT2D eigenvalue weighted by Gasteiger charge is 2.44. The number of alkyl halides is 2. The SMILES string of the molecule is CN(C)OS(=O)n1c(C#N)nc2cc3c(cc21)OC(F)(F)O3.[B]. The van der Waals surface area contributed by atoms with E-state index in [2.05, 4.69) is 14.5 Å². The topological polar surface area (TPSA) is 89.6 Å². The molecule has 23 heavy (non-hydrogen) atoms. The molecule has 0 saturated carbocycles. The van der Waals surface area contributed by atoms with Gasteiger partial charge in [-0.05, 0) is 0 Å². The molecular weight excluding hydrogens is 333 g/mol. The van der Waals surface area contributed by atoms with Crippen LogP contribution >= 0.6 is 0 Å². The van der Waals surface area contributed by atoms with Crippen molar-refractivity contribution in [1.29, 1.82) is 5.26 Å². The van der Waals surface area contributed by atoms with Crippen molar-refractivity contribution in [2.24, 2.45) is 0 Å². The fourth-order valence-electron chi connectivity index (χ4n) is 1.88. The zero-order valence-corrected chi connectivity index (χ0v) is 12.6. The Morgan fingerprint density at radius 2 is 2.00 bits per heavy atom. The Morgan fingerprint density at radius 3 is 2.57 bits per heavy atom. The smallest absolute Gasteiger partial charge is 0.395 e. The van der Waals surface area contributed by atoms with Gasteiger partial charge in [-0.25, -0.2) is 13.2 Å². The lowest BCUT2D eigenvalue weighted by Gasteiger charge is -2.10. The number of ether oxygens (including phenoxy) is 2. The monoisotopic (exact) mass is 341 g/mol. The van der Waals surface area contributed by atoms with E-state index >= 15 is 0 Å². The van der Waals surface area contributed by atoms with Gasteiger partial charge in [-0.3, -0.25) is 0 Å². The second kappa shape index (κ2) is 5.76. The summed E-state index contributed by atoms with van der Waals surface area (Å²) < 4.78 is 52.8. The van der Waals surface area contributed by atoms with Crippen LogP contribution in [0.4, 0.5) is 8.78 Å². The summed E-state index contributed by atoms with van der Waals surface area (Å²) in [5.74, 6) is -0.665. The molecule has 2 heterocycles. The van der Waals surface area contributed by atoms with Crippen LogP contribution in [0, 0.1) is 11.3 Å². The molecule has 0 amide bonds. The summed E-state index contributed by atoms with van der Waals surface area (Å²) >= 11 is -2.11. The first-order chi connectivity index (χ1) is 10.3. The molecule has 1 aliphatic rings. The molecule has 1 aliphatic heterocycles. The highest BCUT2D eigenvalue weighted by Crippen LogP contribution is 2.43. The molecule has 3 radical (unpaired) electrons. The number of rotatable bonds is 3. The number of hydroxylamine groups is 2. The van der Waals surface area contributed by atoms with Gasteiger partial charge in [0.1, 0.15) is 6.07 Å². The van der Waals surface area contributed by atoms with Crippen molar-refractivity contribution in [2.75, 3.05) is 14.1 Å². The van der Waals surface area contributed by atoms with E-state index in [1.54, 1.807) is 6.07 Å². The number of nitriles is 1. The van der Waals surface area contributed by atoms with Crippen LogP contribution in [-0.2, 0) is 15.6 Å². The molecule has 1 aromatic heterocycles. The lowest BCUT2D eigenvalue weighted by molar-refractivity contribution is -0.286. The van der Waals surface area contributed by atoms with Crippen LogP contribution in [0.2, 0.25) is 0 Å². The summed E-state index contributed by atoms with van der Waals surface area (Å²) in [6, 6.07) is 4.10. The first kappa shape index (κ1) is 17.1. The van der Waals surface area contributed by atoms with Crippen molar-refractivity contribution in [3.8, 4) is 17.6 Å². The van der Waals surface area contributed by atoms with Gasteiger partial charge in [0.25, 0.3) is 11.3 Å². The van der Waals surface area contributed by atoms with Gasteiger partial charge in [-0.15, -0.1) is 8.78 Å². The lowest BCUT2D eigenvalue weighted by Crippen LogP contribution is -2.25. The standard InChI is InChI=1S/C11H8F2N4O4S.B/c1-16(2)21-22(18)17-7-4-9-8(19-11(12,13)20-9)3-6(7)15-10(17)5-14;/h3-4H,1-2H3;. The maximum absolute atomic E-state index is 13.1. The number of imidazole rings is 1. The fourth-order valence-corrected chi connectivity index (χ4v) is 2.73. The molecule has 0 saturated heterocycles. The average Bonchev–Trinajstić information content (AvgIpc) is 2.88. The summed E-state index contributed by atoms with van der Waals surface area (Å²) in [7, 11) is 3.00. The highest BCUT2D eigenvalue weighted by atomic mass is 32.2. The van der Waals surface area contributed by atoms with Gasteiger partial charge in [0.15, 0.2) is 11.5 Å². The Balaban J connectivity index is 0.00000192. The molecule has 0 fully saturated rings. The number of aromatic nitrogens is 2. The minimum Gasteiger partial charge on any atom is -0.395 e. The van der Waals surface area contributed by atoms with E-state index in [-0.39, 0.29) is 36.8 Å². The molecule has 8 nitrogen and oxygen atoms in total. The maximum Gasteiger partial charge on any atom is 0.586 e. The third-order valence-electron chi connectivity index (χ3n) is 2.60. The lowest BCUT2D eigenvalue weighted by atomic mass is 10.3. The summed E-state index contributed by atoms with van der Waals surface area (Å²) in [5.41, 5.74) is 0.282. The van der Waals surface area contributed by atoms with Crippen molar-refractivity contribution in [3.63, 3.8) is 0 Å². The van der Waals surface area contributed by atoms with Crippen molar-refractivity contribution in [3.05, 3.63) is 18.0 Å². The molecule has 1 atom stereocenters. The van der Waals surface area contributed by atoms with Gasteiger partial charge >= 0.3 is 6.29 Å². The van der Waals surface area contributed by atoms with Crippen LogP contribution < -0.4 is 9.47 Å². The molecule has 119 valence electrons. The Morgan fingerprint density at radius 1 is 1.39 bits per heavy atom. The van der Waals surface area contributed by atoms with E-state index in [1.165, 1.54) is 25.2 Å². The molecule has 0 aliphatic carbocycles. The zero-order valence-electron chi connectivity index (χ0n) is 11.8. The summed E-state index contributed by atoms with van der Waals surface area (Å²) in [6.07, 6.45) is -3.77. The maximum atomic E-state index is 13.1. The number of hydrogen-bond donors (Lipinski definition) is 0. The second-order valence-electron chi connectivity index (χ2n) is 4.40. The van der Waals surface area contributed by atoms with Gasteiger partial charge in [0.05, 0.1) is 11.0 Å². The van der Waals surface area contributed by atoms with E-state index in [0.717, 1.165) is 10.0 Å².